The van der Waals surface area contributed by atoms with Crippen LogP contribution in [-0.4, -0.2) is 5.97 Å². The highest BCUT2D eigenvalue weighted by Gasteiger charge is 2.44. The molecule has 0 heterocycles. The first kappa shape index (κ1) is 41.9. The Labute approximate surface area is 310 Å². The fourth-order valence-corrected chi connectivity index (χ4v) is 12.6. The van der Waals surface area contributed by atoms with E-state index in [9.17, 15) is 4.79 Å². The molecular weight excluding hydrogens is 629 g/mol. The summed E-state index contributed by atoms with van der Waals surface area (Å²) >= 11 is 0. The van der Waals surface area contributed by atoms with Crippen LogP contribution in [0.25, 0.3) is 0 Å². The van der Waals surface area contributed by atoms with Crippen LogP contribution in [-0.2, 0) is 66.8 Å². The summed E-state index contributed by atoms with van der Waals surface area (Å²) in [5.41, 5.74) is 12.7. The first-order valence-corrected chi connectivity index (χ1v) is 22.3. The van der Waals surface area contributed by atoms with Crippen LogP contribution in [0.1, 0.15) is 177 Å². The summed E-state index contributed by atoms with van der Waals surface area (Å²) < 4.78 is 7.46. The van der Waals surface area contributed by atoms with Crippen LogP contribution in [0.4, 0.5) is 0 Å². The predicted octanol–water partition coefficient (Wildman–Crippen LogP) is 14.0. The normalized spacial score (nSPS) is 12.0. The summed E-state index contributed by atoms with van der Waals surface area (Å²) in [6.07, 6.45) is 18.9. The van der Waals surface area contributed by atoms with Gasteiger partial charge in [0.15, 0.2) is 0 Å². The number of carbonyl (C=O) groups is 1. The average molecular weight is 701 g/mol. The van der Waals surface area contributed by atoms with Crippen molar-refractivity contribution in [2.45, 2.75) is 199 Å². The molecule has 2 nitrogen and oxygen atoms in total. The Bertz CT molecular complexity index is 1270. The zero-order valence-electron chi connectivity index (χ0n) is 33.9. The number of rotatable bonds is 22. The van der Waals surface area contributed by atoms with Crippen LogP contribution in [0.2, 0.25) is 0 Å². The van der Waals surface area contributed by atoms with E-state index in [0.29, 0.717) is 0 Å². The van der Waals surface area contributed by atoms with E-state index < -0.39 is 10.3 Å². The zero-order chi connectivity index (χ0) is 36.7. The Hall–Kier alpha value is -2.52. The summed E-state index contributed by atoms with van der Waals surface area (Å²) in [7, 11) is -2.49. The average Bonchev–Trinajstić information content (AvgIpc) is 3.05. The fraction of sp³-hybridized carbons (Fsp3) is 0.596. The topological polar surface area (TPSA) is 26.3 Å². The number of benzene rings is 3. The number of aryl methyl sites for hydroxylation is 9. The smallest absolute Gasteiger partial charge is 0.313 e. The van der Waals surface area contributed by atoms with Gasteiger partial charge >= 0.3 is 5.97 Å². The fourth-order valence-electron chi connectivity index (χ4n) is 8.22. The standard InChI is InChI=1S/C47H72O2S/c1-11-20-36-29-39(23-14-4)45(40(30-36)24-15-5)50(49-35(10)48,46-41(25-16-6)31-37(21-12-2)32-42(46)26-17-7)47-43(27-18-8)33-38(22-13-3)34-44(47)28-19-9/h29-34H,11-28H2,1-10H3. The second-order valence-electron chi connectivity index (χ2n) is 14.6. The monoisotopic (exact) mass is 701 g/mol. The van der Waals surface area contributed by atoms with Gasteiger partial charge in [0.2, 0.25) is 0 Å². The summed E-state index contributed by atoms with van der Waals surface area (Å²) in [6, 6.07) is 15.1. The van der Waals surface area contributed by atoms with E-state index in [1.165, 1.54) is 64.8 Å². The molecule has 0 radical (unpaired) electrons. The Morgan fingerprint density at radius 1 is 0.400 bits per heavy atom. The summed E-state index contributed by atoms with van der Waals surface area (Å²) in [6.45, 7) is 22.4. The van der Waals surface area contributed by atoms with Gasteiger partial charge in [-0.1, -0.05) is 156 Å². The van der Waals surface area contributed by atoms with E-state index in [4.69, 9.17) is 4.18 Å². The maximum Gasteiger partial charge on any atom is 0.313 e. The zero-order valence-corrected chi connectivity index (χ0v) is 34.7. The molecular formula is C47H72O2S. The molecule has 0 fully saturated rings. The Morgan fingerprint density at radius 2 is 0.600 bits per heavy atom. The van der Waals surface area contributed by atoms with Crippen molar-refractivity contribution in [3.63, 3.8) is 0 Å². The highest BCUT2D eigenvalue weighted by molar-refractivity contribution is 8.30. The molecule has 0 amide bonds. The summed E-state index contributed by atoms with van der Waals surface area (Å²) in [4.78, 5) is 18.2. The van der Waals surface area contributed by atoms with E-state index in [1.54, 1.807) is 6.92 Å². The quantitative estimate of drug-likeness (QED) is 0.104. The lowest BCUT2D eigenvalue weighted by Gasteiger charge is -2.46. The van der Waals surface area contributed by atoms with Gasteiger partial charge in [-0.15, -0.1) is 0 Å². The van der Waals surface area contributed by atoms with Gasteiger partial charge in [-0.25, -0.2) is 0 Å². The van der Waals surface area contributed by atoms with Crippen molar-refractivity contribution in [3.05, 3.63) is 86.5 Å². The molecule has 3 aromatic carbocycles. The highest BCUT2D eigenvalue weighted by atomic mass is 32.3. The molecule has 278 valence electrons. The van der Waals surface area contributed by atoms with Crippen LogP contribution >= 0.6 is 10.3 Å². The van der Waals surface area contributed by atoms with Crippen molar-refractivity contribution in [3.8, 4) is 0 Å². The first-order valence-electron chi connectivity index (χ1n) is 20.7. The molecule has 0 saturated heterocycles. The van der Waals surface area contributed by atoms with Crippen molar-refractivity contribution < 1.29 is 8.98 Å². The van der Waals surface area contributed by atoms with Gasteiger partial charge < -0.3 is 4.18 Å². The second kappa shape index (κ2) is 21.1. The molecule has 0 aliphatic rings. The Kier molecular flexibility index (Phi) is 17.7. The second-order valence-corrected chi connectivity index (χ2v) is 17.1. The van der Waals surface area contributed by atoms with Crippen LogP contribution in [0.5, 0.6) is 0 Å². The van der Waals surface area contributed by atoms with Crippen molar-refractivity contribution in [1.29, 1.82) is 0 Å². The van der Waals surface area contributed by atoms with Crippen molar-refractivity contribution >= 4 is 16.3 Å². The molecule has 0 unspecified atom stereocenters. The van der Waals surface area contributed by atoms with E-state index in [0.717, 1.165) is 116 Å². The lowest BCUT2D eigenvalue weighted by atomic mass is 9.97. The molecule has 0 spiro atoms. The lowest BCUT2D eigenvalue weighted by Crippen LogP contribution is -2.22. The maximum absolute atomic E-state index is 14.1. The number of hydrogen-bond donors (Lipinski definition) is 0. The van der Waals surface area contributed by atoms with Gasteiger partial charge in [0, 0.05) is 21.6 Å². The molecule has 50 heavy (non-hydrogen) atoms. The number of carbonyl (C=O) groups excluding carboxylic acids is 1. The highest BCUT2D eigenvalue weighted by Crippen LogP contribution is 2.74. The van der Waals surface area contributed by atoms with Crippen molar-refractivity contribution in [2.75, 3.05) is 0 Å². The molecule has 3 heteroatoms. The van der Waals surface area contributed by atoms with Gasteiger partial charge in [0.05, 0.1) is 0 Å². The SMILES string of the molecule is CCCc1cc(CCC)c(S(OC(C)=O)(c2c(CCC)cc(CCC)cc2CCC)c2c(CCC)cc(CCC)cc2CCC)c(CCC)c1. The minimum absolute atomic E-state index is 0.160. The number of hydrogen-bond acceptors (Lipinski definition) is 2. The van der Waals surface area contributed by atoms with Gasteiger partial charge in [-0.2, -0.15) is 0 Å². The first-order chi connectivity index (χ1) is 24.2. The van der Waals surface area contributed by atoms with Crippen molar-refractivity contribution in [1.82, 2.24) is 0 Å². The molecule has 0 saturated carbocycles. The maximum atomic E-state index is 14.1. The van der Waals surface area contributed by atoms with E-state index >= 15 is 0 Å². The van der Waals surface area contributed by atoms with E-state index in [2.05, 4.69) is 98.7 Å². The van der Waals surface area contributed by atoms with Gasteiger partial charge in [0.1, 0.15) is 0 Å². The largest absolute Gasteiger partial charge is 0.402 e. The van der Waals surface area contributed by atoms with Crippen LogP contribution in [0, 0.1) is 0 Å². The molecule has 0 aromatic heterocycles. The van der Waals surface area contributed by atoms with Gasteiger partial charge in [0.25, 0.3) is 0 Å². The minimum atomic E-state index is -2.49. The molecule has 0 bridgehead atoms. The summed E-state index contributed by atoms with van der Waals surface area (Å²) in [5, 5.41) is 0. The molecule has 0 aliphatic heterocycles. The predicted molar refractivity (Wildman–Crippen MR) is 219 cm³/mol. The van der Waals surface area contributed by atoms with E-state index in [-0.39, 0.29) is 5.97 Å². The summed E-state index contributed by atoms with van der Waals surface area (Å²) in [5.74, 6) is -0.160. The Morgan fingerprint density at radius 3 is 0.760 bits per heavy atom. The molecule has 3 aromatic rings. The molecule has 0 atom stereocenters. The third kappa shape index (κ3) is 9.87. The third-order valence-corrected chi connectivity index (χ3v) is 13.5. The van der Waals surface area contributed by atoms with Crippen LogP contribution < -0.4 is 0 Å². The Balaban J connectivity index is 2.89. The molecule has 3 rings (SSSR count). The van der Waals surface area contributed by atoms with E-state index in [1.807, 2.05) is 0 Å². The third-order valence-electron chi connectivity index (χ3n) is 9.74. The van der Waals surface area contributed by atoms with Gasteiger partial charge in [-0.05, 0) is 118 Å². The van der Waals surface area contributed by atoms with Crippen LogP contribution in [0.3, 0.4) is 0 Å². The minimum Gasteiger partial charge on any atom is -0.402 e. The lowest BCUT2D eigenvalue weighted by molar-refractivity contribution is -0.131. The van der Waals surface area contributed by atoms with Crippen molar-refractivity contribution in [2.24, 2.45) is 0 Å². The van der Waals surface area contributed by atoms with Crippen LogP contribution in [0.15, 0.2) is 51.1 Å². The molecule has 0 N–H and O–H groups in total. The van der Waals surface area contributed by atoms with Gasteiger partial charge in [-0.3, -0.25) is 4.79 Å². The molecule has 0 aliphatic carbocycles.